The van der Waals surface area contributed by atoms with Gasteiger partial charge < -0.3 is 20.0 Å². The molecule has 11 heteroatoms. The number of allylic oxidation sites excluding steroid dienone is 1. The lowest BCUT2D eigenvalue weighted by molar-refractivity contribution is -0.376. The molecule has 0 bridgehead atoms. The van der Waals surface area contributed by atoms with E-state index in [1.54, 1.807) is 11.8 Å². The van der Waals surface area contributed by atoms with Crippen LogP contribution in [0.2, 0.25) is 0 Å². The zero-order valence-electron chi connectivity index (χ0n) is 14.7. The van der Waals surface area contributed by atoms with E-state index in [0.717, 1.165) is 11.0 Å². The van der Waals surface area contributed by atoms with Crippen molar-refractivity contribution >= 4 is 17.9 Å². The van der Waals surface area contributed by atoms with Gasteiger partial charge in [-0.3, -0.25) is 0 Å². The number of aliphatic hydroxyl groups is 1. The molecular formula is C17H18F6N2O3. The average molecular weight is 412 g/mol. The molecule has 5 nitrogen and oxygen atoms in total. The zero-order chi connectivity index (χ0) is 21.3. The highest BCUT2D eigenvalue weighted by molar-refractivity contribution is 5.70. The molecule has 0 aliphatic carbocycles. The molecule has 0 spiro atoms. The molecule has 1 aromatic carbocycles. The van der Waals surface area contributed by atoms with Crippen molar-refractivity contribution in [2.24, 2.45) is 0 Å². The molecule has 0 unspecified atom stereocenters. The number of alkyl halides is 6. The topological polar surface area (TPSA) is 64.0 Å². The fourth-order valence-electron chi connectivity index (χ4n) is 3.01. The highest BCUT2D eigenvalue weighted by Crippen LogP contribution is 2.50. The number of rotatable bonds is 3. The Labute approximate surface area is 156 Å². The van der Waals surface area contributed by atoms with Crippen LogP contribution in [0.25, 0.3) is 6.08 Å². The lowest BCUT2D eigenvalue weighted by Crippen LogP contribution is -2.54. The summed E-state index contributed by atoms with van der Waals surface area (Å²) in [7, 11) is 0. The lowest BCUT2D eigenvalue weighted by atomic mass is 9.90. The van der Waals surface area contributed by atoms with Crippen LogP contribution in [0.1, 0.15) is 18.1 Å². The molecule has 1 aromatic rings. The van der Waals surface area contributed by atoms with Crippen LogP contribution in [0.3, 0.4) is 0 Å². The molecule has 1 aliphatic rings. The van der Waals surface area contributed by atoms with Gasteiger partial charge in [0.2, 0.25) is 0 Å². The summed E-state index contributed by atoms with van der Waals surface area (Å²) in [5.74, 6) is 0. The molecule has 0 saturated carbocycles. The van der Waals surface area contributed by atoms with Gasteiger partial charge in [0.05, 0.1) is 0 Å². The normalized spacial score (nSPS) is 16.7. The minimum Gasteiger partial charge on any atom is -0.465 e. The fraction of sp³-hybridized carbons (Fsp3) is 0.471. The van der Waals surface area contributed by atoms with Crippen LogP contribution in [-0.2, 0) is 5.60 Å². The minimum atomic E-state index is -5.97. The van der Waals surface area contributed by atoms with Crippen LogP contribution in [-0.4, -0.2) is 59.7 Å². The Kier molecular flexibility index (Phi) is 5.88. The van der Waals surface area contributed by atoms with E-state index >= 15 is 0 Å². The summed E-state index contributed by atoms with van der Waals surface area (Å²) in [5, 5.41) is 18.6. The summed E-state index contributed by atoms with van der Waals surface area (Å²) in [6.45, 7) is 2.26. The highest BCUT2D eigenvalue weighted by Gasteiger charge is 2.71. The lowest BCUT2D eigenvalue weighted by Gasteiger charge is -2.36. The van der Waals surface area contributed by atoms with Gasteiger partial charge in [0.15, 0.2) is 0 Å². The van der Waals surface area contributed by atoms with E-state index in [9.17, 15) is 36.2 Å². The van der Waals surface area contributed by atoms with E-state index in [2.05, 4.69) is 0 Å². The largest absolute Gasteiger partial charge is 0.465 e. The third kappa shape index (κ3) is 3.89. The van der Waals surface area contributed by atoms with Crippen molar-refractivity contribution < 1.29 is 41.4 Å². The van der Waals surface area contributed by atoms with Crippen molar-refractivity contribution in [1.29, 1.82) is 0 Å². The second-order valence-corrected chi connectivity index (χ2v) is 6.24. The number of hydrogen-bond acceptors (Lipinski definition) is 3. The zero-order valence-corrected chi connectivity index (χ0v) is 14.7. The monoisotopic (exact) mass is 412 g/mol. The van der Waals surface area contributed by atoms with Gasteiger partial charge in [-0.15, -0.1) is 0 Å². The van der Waals surface area contributed by atoms with E-state index in [0.29, 0.717) is 17.8 Å². The summed E-state index contributed by atoms with van der Waals surface area (Å²) in [6, 6.07) is 2.32. The van der Waals surface area contributed by atoms with Gasteiger partial charge in [0.1, 0.15) is 0 Å². The Hall–Kier alpha value is -2.43. The van der Waals surface area contributed by atoms with Crippen molar-refractivity contribution in [3.8, 4) is 0 Å². The Bertz CT molecular complexity index is 738. The van der Waals surface area contributed by atoms with Crippen LogP contribution < -0.4 is 4.90 Å². The van der Waals surface area contributed by atoms with Gasteiger partial charge in [-0.1, -0.05) is 18.2 Å². The quantitative estimate of drug-likeness (QED) is 0.741. The van der Waals surface area contributed by atoms with Gasteiger partial charge in [0.25, 0.3) is 5.60 Å². The number of piperazine rings is 1. The number of benzene rings is 1. The number of carbonyl (C=O) groups is 1. The predicted molar refractivity (Wildman–Crippen MR) is 89.0 cm³/mol. The third-order valence-electron chi connectivity index (χ3n) is 4.50. The smallest absolute Gasteiger partial charge is 0.430 e. The molecule has 28 heavy (non-hydrogen) atoms. The minimum absolute atomic E-state index is 0.0516. The van der Waals surface area contributed by atoms with Crippen molar-refractivity contribution in [3.63, 3.8) is 0 Å². The molecule has 156 valence electrons. The molecule has 1 aliphatic heterocycles. The number of hydrogen-bond donors (Lipinski definition) is 2. The first-order valence-corrected chi connectivity index (χ1v) is 8.18. The second-order valence-electron chi connectivity index (χ2n) is 6.24. The molecule has 0 atom stereocenters. The predicted octanol–water partition coefficient (Wildman–Crippen LogP) is 3.83. The first kappa shape index (κ1) is 21.9. The van der Waals surface area contributed by atoms with Gasteiger partial charge in [-0.2, -0.15) is 26.3 Å². The molecular weight excluding hydrogens is 394 g/mol. The maximum absolute atomic E-state index is 13.1. The van der Waals surface area contributed by atoms with E-state index in [-0.39, 0.29) is 31.7 Å². The molecule has 0 aromatic heterocycles. The molecule has 2 rings (SSSR count). The number of nitrogens with zero attached hydrogens (tertiary/aromatic N) is 2. The summed E-state index contributed by atoms with van der Waals surface area (Å²) < 4.78 is 78.7. The molecule has 1 fully saturated rings. The summed E-state index contributed by atoms with van der Waals surface area (Å²) in [4.78, 5) is 13.8. The van der Waals surface area contributed by atoms with Gasteiger partial charge in [-0.25, -0.2) is 4.79 Å². The van der Waals surface area contributed by atoms with Crippen LogP contribution >= 0.6 is 0 Å². The Morgan fingerprint density at radius 1 is 1.04 bits per heavy atom. The maximum atomic E-state index is 13.1. The molecule has 0 radical (unpaired) electrons. The molecule has 1 saturated heterocycles. The van der Waals surface area contributed by atoms with E-state index in [4.69, 9.17) is 5.11 Å². The fourth-order valence-corrected chi connectivity index (χ4v) is 3.01. The van der Waals surface area contributed by atoms with E-state index in [1.807, 2.05) is 0 Å². The van der Waals surface area contributed by atoms with Crippen molar-refractivity contribution in [3.05, 3.63) is 35.4 Å². The maximum Gasteiger partial charge on any atom is 0.430 e. The molecule has 1 amide bonds. The van der Waals surface area contributed by atoms with E-state index < -0.39 is 29.6 Å². The number of halogens is 6. The highest BCUT2D eigenvalue weighted by atomic mass is 19.4. The van der Waals surface area contributed by atoms with Crippen LogP contribution in [0.5, 0.6) is 0 Å². The first-order valence-electron chi connectivity index (χ1n) is 8.18. The molecule has 2 N–H and O–H groups in total. The van der Waals surface area contributed by atoms with Crippen LogP contribution in [0, 0.1) is 0 Å². The van der Waals surface area contributed by atoms with Crippen LogP contribution in [0.4, 0.5) is 36.8 Å². The Balaban J connectivity index is 2.47. The number of amides is 1. The number of anilines is 1. The summed E-state index contributed by atoms with van der Waals surface area (Å²) >= 11 is 0. The van der Waals surface area contributed by atoms with Crippen LogP contribution in [0.15, 0.2) is 24.3 Å². The van der Waals surface area contributed by atoms with Crippen molar-refractivity contribution in [2.75, 3.05) is 31.1 Å². The SMILES string of the molecule is CC=Cc1cc(C(O)(C(F)(F)F)C(F)(F)F)ccc1N1CCN(C(=O)O)CC1. The van der Waals surface area contributed by atoms with Crippen molar-refractivity contribution in [1.82, 2.24) is 4.90 Å². The van der Waals surface area contributed by atoms with E-state index in [1.165, 1.54) is 12.2 Å². The Morgan fingerprint density at radius 2 is 1.57 bits per heavy atom. The average Bonchev–Trinajstić information content (AvgIpc) is 2.59. The summed E-state index contributed by atoms with van der Waals surface area (Å²) in [5.41, 5.74) is -5.94. The summed E-state index contributed by atoms with van der Waals surface area (Å²) in [6.07, 6.45) is -10.3. The van der Waals surface area contributed by atoms with Crippen molar-refractivity contribution in [2.45, 2.75) is 24.9 Å². The third-order valence-corrected chi connectivity index (χ3v) is 4.50. The van der Waals surface area contributed by atoms with Gasteiger partial charge >= 0.3 is 18.4 Å². The standard InChI is InChI=1S/C17H18F6N2O3/c1-2-3-11-10-12(15(28,16(18,19)20)17(21,22)23)4-5-13(11)24-6-8-25(9-7-24)14(26)27/h2-5,10,28H,6-9H2,1H3,(H,26,27). The van der Waals surface area contributed by atoms with Gasteiger partial charge in [0, 0.05) is 37.4 Å². The molecule has 1 heterocycles. The van der Waals surface area contributed by atoms with Gasteiger partial charge in [-0.05, 0) is 24.6 Å². The number of carboxylic acid groups (broad SMARTS) is 1. The second kappa shape index (κ2) is 7.53. The first-order chi connectivity index (χ1) is 12.8. The Morgan fingerprint density at radius 3 is 2.00 bits per heavy atom.